The van der Waals surface area contributed by atoms with Gasteiger partial charge in [-0.3, -0.25) is 9.48 Å². The molecule has 1 aliphatic rings. The molecule has 0 spiro atoms. The molecule has 0 bridgehead atoms. The van der Waals surface area contributed by atoms with Gasteiger partial charge >= 0.3 is 0 Å². The van der Waals surface area contributed by atoms with Crippen LogP contribution in [0.5, 0.6) is 0 Å². The number of hydrogen-bond acceptors (Lipinski definition) is 4. The van der Waals surface area contributed by atoms with Crippen LogP contribution in [0.1, 0.15) is 30.0 Å². The summed E-state index contributed by atoms with van der Waals surface area (Å²) in [4.78, 5) is 21.0. The molecule has 1 atom stereocenters. The fraction of sp³-hybridized carbons (Fsp3) is 0.471. The van der Waals surface area contributed by atoms with E-state index in [-0.39, 0.29) is 11.9 Å². The van der Waals surface area contributed by atoms with Crippen molar-refractivity contribution in [3.63, 3.8) is 0 Å². The minimum atomic E-state index is 0.124. The van der Waals surface area contributed by atoms with E-state index in [0.717, 1.165) is 36.3 Å². The van der Waals surface area contributed by atoms with Gasteiger partial charge in [-0.25, -0.2) is 4.98 Å². The van der Waals surface area contributed by atoms with Crippen molar-refractivity contribution in [3.05, 3.63) is 41.9 Å². The zero-order chi connectivity index (χ0) is 16.4. The first kappa shape index (κ1) is 15.5. The zero-order valence-electron chi connectivity index (χ0n) is 13.9. The number of pyridine rings is 1. The second-order valence-electron chi connectivity index (χ2n) is 6.30. The van der Waals surface area contributed by atoms with Gasteiger partial charge in [-0.15, -0.1) is 0 Å². The van der Waals surface area contributed by atoms with E-state index in [4.69, 9.17) is 0 Å². The van der Waals surface area contributed by atoms with Crippen LogP contribution in [-0.2, 0) is 11.3 Å². The Balaban J connectivity index is 1.77. The van der Waals surface area contributed by atoms with E-state index >= 15 is 0 Å². The largest absolute Gasteiger partial charge is 0.363 e. The molecule has 6 nitrogen and oxygen atoms in total. The third-order valence-electron chi connectivity index (χ3n) is 4.25. The number of anilines is 1. The van der Waals surface area contributed by atoms with E-state index in [2.05, 4.69) is 16.1 Å². The van der Waals surface area contributed by atoms with Gasteiger partial charge in [0.25, 0.3) is 0 Å². The van der Waals surface area contributed by atoms with Crippen LogP contribution < -0.4 is 4.90 Å². The first-order valence-corrected chi connectivity index (χ1v) is 7.96. The Morgan fingerprint density at radius 3 is 2.96 bits per heavy atom. The predicted molar refractivity (Wildman–Crippen MR) is 89.2 cm³/mol. The molecule has 0 saturated carbocycles. The molecule has 122 valence electrons. The number of aryl methyl sites for hydroxylation is 1. The number of aromatic nitrogens is 3. The van der Waals surface area contributed by atoms with Crippen LogP contribution >= 0.6 is 0 Å². The summed E-state index contributed by atoms with van der Waals surface area (Å²) in [7, 11) is 3.95. The molecule has 1 fully saturated rings. The highest BCUT2D eigenvalue weighted by molar-refractivity contribution is 5.76. The van der Waals surface area contributed by atoms with Gasteiger partial charge in [-0.2, -0.15) is 5.10 Å². The van der Waals surface area contributed by atoms with Crippen LogP contribution in [0, 0.1) is 6.92 Å². The van der Waals surface area contributed by atoms with Gasteiger partial charge < -0.3 is 9.80 Å². The Morgan fingerprint density at radius 1 is 1.43 bits per heavy atom. The molecule has 1 amide bonds. The molecular weight excluding hydrogens is 290 g/mol. The fourth-order valence-corrected chi connectivity index (χ4v) is 3.08. The first-order valence-electron chi connectivity index (χ1n) is 7.96. The summed E-state index contributed by atoms with van der Waals surface area (Å²) in [5.74, 6) is 1.04. The molecule has 0 N–H and O–H groups in total. The summed E-state index contributed by atoms with van der Waals surface area (Å²) < 4.78 is 1.71. The normalized spacial score (nSPS) is 17.5. The number of amides is 1. The molecule has 6 heteroatoms. The molecule has 0 radical (unpaired) electrons. The maximum atomic E-state index is 12.7. The van der Waals surface area contributed by atoms with Crippen LogP contribution in [0.25, 0.3) is 0 Å². The highest BCUT2D eigenvalue weighted by atomic mass is 16.2. The van der Waals surface area contributed by atoms with Crippen molar-refractivity contribution in [2.24, 2.45) is 0 Å². The Bertz CT molecular complexity index is 694. The highest BCUT2D eigenvalue weighted by Gasteiger charge is 2.30. The van der Waals surface area contributed by atoms with Gasteiger partial charge in [0.15, 0.2) is 0 Å². The SMILES string of the molecule is Cc1cnn(CC(=O)N2CCC[C@@H]2c2ccnc(N(C)C)c2)c1. The lowest BCUT2D eigenvalue weighted by Crippen LogP contribution is -2.33. The minimum Gasteiger partial charge on any atom is -0.363 e. The van der Waals surface area contributed by atoms with Crippen LogP contribution in [0.4, 0.5) is 5.82 Å². The van der Waals surface area contributed by atoms with Crippen molar-refractivity contribution < 1.29 is 4.79 Å². The van der Waals surface area contributed by atoms with Gasteiger partial charge in [-0.05, 0) is 43.0 Å². The van der Waals surface area contributed by atoms with E-state index in [1.165, 1.54) is 0 Å². The summed E-state index contributed by atoms with van der Waals surface area (Å²) >= 11 is 0. The van der Waals surface area contributed by atoms with Crippen molar-refractivity contribution in [2.75, 3.05) is 25.5 Å². The standard InChI is InChI=1S/C17H23N5O/c1-13-10-19-21(11-13)12-17(23)22-8-4-5-15(22)14-6-7-18-16(9-14)20(2)3/h6-7,9-11,15H,4-5,8,12H2,1-3H3/t15-/m1/s1. The van der Waals surface area contributed by atoms with E-state index in [1.54, 1.807) is 10.9 Å². The van der Waals surface area contributed by atoms with Gasteiger partial charge in [0.2, 0.25) is 5.91 Å². The highest BCUT2D eigenvalue weighted by Crippen LogP contribution is 2.33. The average Bonchev–Trinajstić information content (AvgIpc) is 3.16. The summed E-state index contributed by atoms with van der Waals surface area (Å²) in [5, 5.41) is 4.21. The van der Waals surface area contributed by atoms with E-state index in [1.807, 2.05) is 49.3 Å². The molecular formula is C17H23N5O. The second kappa shape index (κ2) is 6.40. The predicted octanol–water partition coefficient (Wildman–Crippen LogP) is 2.02. The molecule has 0 aromatic carbocycles. The maximum Gasteiger partial charge on any atom is 0.244 e. The smallest absolute Gasteiger partial charge is 0.244 e. The van der Waals surface area contributed by atoms with E-state index < -0.39 is 0 Å². The van der Waals surface area contributed by atoms with Crippen molar-refractivity contribution in [3.8, 4) is 0 Å². The number of hydrogen-bond donors (Lipinski definition) is 0. The Labute approximate surface area is 136 Å². The second-order valence-corrected chi connectivity index (χ2v) is 6.30. The van der Waals surface area contributed by atoms with Crippen molar-refractivity contribution in [1.29, 1.82) is 0 Å². The first-order chi connectivity index (χ1) is 11.0. The maximum absolute atomic E-state index is 12.7. The lowest BCUT2D eigenvalue weighted by atomic mass is 10.1. The van der Waals surface area contributed by atoms with Crippen LogP contribution in [0.3, 0.4) is 0 Å². The number of carbonyl (C=O) groups excluding carboxylic acids is 1. The molecule has 23 heavy (non-hydrogen) atoms. The van der Waals surface area contributed by atoms with Crippen LogP contribution in [0.2, 0.25) is 0 Å². The molecule has 2 aromatic rings. The quantitative estimate of drug-likeness (QED) is 0.866. The topological polar surface area (TPSA) is 54.3 Å². The Hall–Kier alpha value is -2.37. The molecule has 0 aliphatic carbocycles. The van der Waals surface area contributed by atoms with E-state index in [0.29, 0.717) is 6.54 Å². The zero-order valence-corrected chi connectivity index (χ0v) is 13.9. The lowest BCUT2D eigenvalue weighted by molar-refractivity contribution is -0.133. The van der Waals surface area contributed by atoms with Crippen LogP contribution in [-0.4, -0.2) is 46.2 Å². The third kappa shape index (κ3) is 3.36. The Kier molecular flexibility index (Phi) is 4.32. The molecule has 3 heterocycles. The molecule has 1 saturated heterocycles. The summed E-state index contributed by atoms with van der Waals surface area (Å²) in [6.07, 6.45) is 7.54. The molecule has 2 aromatic heterocycles. The number of rotatable bonds is 4. The average molecular weight is 313 g/mol. The van der Waals surface area contributed by atoms with Crippen molar-refractivity contribution in [2.45, 2.75) is 32.4 Å². The molecule has 1 aliphatic heterocycles. The van der Waals surface area contributed by atoms with Gasteiger partial charge in [0.1, 0.15) is 12.4 Å². The molecule has 0 unspecified atom stereocenters. The number of carbonyl (C=O) groups is 1. The van der Waals surface area contributed by atoms with Gasteiger partial charge in [0, 0.05) is 33.0 Å². The number of nitrogens with zero attached hydrogens (tertiary/aromatic N) is 5. The third-order valence-corrected chi connectivity index (χ3v) is 4.25. The fourth-order valence-electron chi connectivity index (χ4n) is 3.08. The van der Waals surface area contributed by atoms with E-state index in [9.17, 15) is 4.79 Å². The van der Waals surface area contributed by atoms with Gasteiger partial charge in [0.05, 0.1) is 12.2 Å². The van der Waals surface area contributed by atoms with Gasteiger partial charge in [-0.1, -0.05) is 0 Å². The summed E-state index contributed by atoms with van der Waals surface area (Å²) in [6, 6.07) is 4.23. The lowest BCUT2D eigenvalue weighted by Gasteiger charge is -2.26. The summed E-state index contributed by atoms with van der Waals surface area (Å²) in [5.41, 5.74) is 2.23. The monoisotopic (exact) mass is 313 g/mol. The minimum absolute atomic E-state index is 0.124. The van der Waals surface area contributed by atoms with Crippen molar-refractivity contribution >= 4 is 11.7 Å². The molecule has 3 rings (SSSR count). The Morgan fingerprint density at radius 2 is 2.26 bits per heavy atom. The summed E-state index contributed by atoms with van der Waals surface area (Å²) in [6.45, 7) is 3.09. The number of likely N-dealkylation sites (tertiary alicyclic amines) is 1. The van der Waals surface area contributed by atoms with Crippen molar-refractivity contribution in [1.82, 2.24) is 19.7 Å². The van der Waals surface area contributed by atoms with Crippen LogP contribution in [0.15, 0.2) is 30.7 Å².